The number of aromatic hydroxyl groups is 1. The Balaban J connectivity index is 2.91. The second-order valence-corrected chi connectivity index (χ2v) is 4.14. The molecule has 1 rings (SSSR count). The van der Waals surface area contributed by atoms with E-state index in [0.717, 1.165) is 6.42 Å². The Morgan fingerprint density at radius 2 is 2.33 bits per heavy atom. The van der Waals surface area contributed by atoms with Crippen LogP contribution in [0.3, 0.4) is 0 Å². The van der Waals surface area contributed by atoms with E-state index in [1.807, 2.05) is 13.8 Å². The Bertz CT molecular complexity index is 396. The molecule has 0 radical (unpaired) electrons. The van der Waals surface area contributed by atoms with Crippen molar-refractivity contribution in [3.05, 3.63) is 24.0 Å². The van der Waals surface area contributed by atoms with E-state index in [2.05, 4.69) is 4.98 Å². The third-order valence-corrected chi connectivity index (χ3v) is 2.95. The fourth-order valence-corrected chi connectivity index (χ4v) is 1.65. The zero-order chi connectivity index (χ0) is 13.5. The van der Waals surface area contributed by atoms with Crippen molar-refractivity contribution in [2.45, 2.75) is 26.3 Å². The summed E-state index contributed by atoms with van der Waals surface area (Å²) >= 11 is 0. The van der Waals surface area contributed by atoms with Gasteiger partial charge in [0.1, 0.15) is 5.75 Å². The molecule has 1 atom stereocenters. The number of hydrogen-bond donors (Lipinski definition) is 1. The van der Waals surface area contributed by atoms with Gasteiger partial charge in [-0.3, -0.25) is 9.78 Å². The van der Waals surface area contributed by atoms with Crippen molar-refractivity contribution < 1.29 is 14.6 Å². The highest BCUT2D eigenvalue weighted by atomic mass is 16.5. The summed E-state index contributed by atoms with van der Waals surface area (Å²) in [6, 6.07) is 1.63. The van der Waals surface area contributed by atoms with Gasteiger partial charge >= 0.3 is 0 Å². The molecule has 0 aromatic carbocycles. The van der Waals surface area contributed by atoms with Crippen LogP contribution in [0.4, 0.5) is 0 Å². The summed E-state index contributed by atoms with van der Waals surface area (Å²) in [5.74, 6) is -0.283. The molecule has 1 amide bonds. The molecule has 5 nitrogen and oxygen atoms in total. The maximum atomic E-state index is 12.4. The monoisotopic (exact) mass is 252 g/mol. The molecule has 5 heteroatoms. The Hall–Kier alpha value is -1.62. The number of carbonyl (C=O) groups excluding carboxylic acids is 1. The largest absolute Gasteiger partial charge is 0.505 e. The molecule has 0 aliphatic carbocycles. The minimum absolute atomic E-state index is 0.0896. The van der Waals surface area contributed by atoms with Crippen LogP contribution in [0, 0.1) is 0 Å². The first-order valence-electron chi connectivity index (χ1n) is 6.04. The van der Waals surface area contributed by atoms with E-state index in [-0.39, 0.29) is 23.3 Å². The number of carbonyl (C=O) groups is 1. The zero-order valence-electron chi connectivity index (χ0n) is 11.1. The zero-order valence-corrected chi connectivity index (χ0v) is 11.1. The SMILES string of the molecule is CCC(C)N(CCOC)C(=O)c1ccncc1O. The van der Waals surface area contributed by atoms with Gasteiger partial charge in [0.15, 0.2) is 0 Å². The molecule has 1 unspecified atom stereocenters. The number of hydrogen-bond acceptors (Lipinski definition) is 4. The molecule has 0 bridgehead atoms. The van der Waals surface area contributed by atoms with Gasteiger partial charge in [-0.15, -0.1) is 0 Å². The molecule has 0 aliphatic heterocycles. The van der Waals surface area contributed by atoms with Gasteiger partial charge < -0.3 is 14.7 Å². The number of ether oxygens (including phenoxy) is 1. The second-order valence-electron chi connectivity index (χ2n) is 4.14. The smallest absolute Gasteiger partial charge is 0.258 e. The predicted molar refractivity (Wildman–Crippen MR) is 68.6 cm³/mol. The summed E-state index contributed by atoms with van der Waals surface area (Å²) in [6.07, 6.45) is 3.62. The van der Waals surface area contributed by atoms with Gasteiger partial charge in [0.25, 0.3) is 5.91 Å². The summed E-state index contributed by atoms with van der Waals surface area (Å²) in [5, 5.41) is 9.67. The summed E-state index contributed by atoms with van der Waals surface area (Å²) in [7, 11) is 1.60. The number of methoxy groups -OCH3 is 1. The van der Waals surface area contributed by atoms with Crippen molar-refractivity contribution >= 4 is 5.91 Å². The molecule has 18 heavy (non-hydrogen) atoms. The van der Waals surface area contributed by atoms with Crippen molar-refractivity contribution in [2.24, 2.45) is 0 Å². The Labute approximate surface area is 107 Å². The van der Waals surface area contributed by atoms with Gasteiger partial charge in [-0.2, -0.15) is 0 Å². The third kappa shape index (κ3) is 3.43. The molecule has 1 aromatic heterocycles. The topological polar surface area (TPSA) is 62.7 Å². The van der Waals surface area contributed by atoms with E-state index in [0.29, 0.717) is 13.2 Å². The number of rotatable bonds is 6. The quantitative estimate of drug-likeness (QED) is 0.836. The minimum atomic E-state index is -0.193. The van der Waals surface area contributed by atoms with Crippen LogP contribution in [0.15, 0.2) is 18.5 Å². The number of amides is 1. The van der Waals surface area contributed by atoms with E-state index < -0.39 is 0 Å². The van der Waals surface area contributed by atoms with Crippen LogP contribution >= 0.6 is 0 Å². The van der Waals surface area contributed by atoms with E-state index in [4.69, 9.17) is 4.74 Å². The summed E-state index contributed by atoms with van der Waals surface area (Å²) in [6.45, 7) is 4.98. The first-order chi connectivity index (χ1) is 8.61. The number of aromatic nitrogens is 1. The average Bonchev–Trinajstić information content (AvgIpc) is 2.39. The van der Waals surface area contributed by atoms with Crippen LogP contribution in [0.2, 0.25) is 0 Å². The van der Waals surface area contributed by atoms with Crippen LogP contribution in [0.25, 0.3) is 0 Å². The predicted octanol–water partition coefficient (Wildman–Crippen LogP) is 1.67. The van der Waals surface area contributed by atoms with Crippen molar-refractivity contribution in [1.82, 2.24) is 9.88 Å². The van der Waals surface area contributed by atoms with Crippen LogP contribution < -0.4 is 0 Å². The fraction of sp³-hybridized carbons (Fsp3) is 0.538. The van der Waals surface area contributed by atoms with Gasteiger partial charge in [0, 0.05) is 25.9 Å². The lowest BCUT2D eigenvalue weighted by atomic mass is 10.1. The molecular weight excluding hydrogens is 232 g/mol. The maximum absolute atomic E-state index is 12.4. The first-order valence-corrected chi connectivity index (χ1v) is 6.04. The molecule has 1 heterocycles. The maximum Gasteiger partial charge on any atom is 0.258 e. The summed E-state index contributed by atoms with van der Waals surface area (Å²) in [4.78, 5) is 17.8. The van der Waals surface area contributed by atoms with Gasteiger partial charge in [0.2, 0.25) is 0 Å². The average molecular weight is 252 g/mol. The normalized spacial score (nSPS) is 12.2. The number of pyridine rings is 1. The van der Waals surface area contributed by atoms with Crippen molar-refractivity contribution in [3.63, 3.8) is 0 Å². The Kier molecular flexibility index (Phi) is 5.58. The minimum Gasteiger partial charge on any atom is -0.505 e. The van der Waals surface area contributed by atoms with E-state index in [1.54, 1.807) is 12.0 Å². The fourth-order valence-electron chi connectivity index (χ4n) is 1.65. The van der Waals surface area contributed by atoms with Crippen LogP contribution in [0.1, 0.15) is 30.6 Å². The molecule has 0 saturated heterocycles. The van der Waals surface area contributed by atoms with Gasteiger partial charge in [-0.1, -0.05) is 6.92 Å². The van der Waals surface area contributed by atoms with Crippen molar-refractivity contribution in [3.8, 4) is 5.75 Å². The molecule has 0 spiro atoms. The highest BCUT2D eigenvalue weighted by Gasteiger charge is 2.22. The lowest BCUT2D eigenvalue weighted by Crippen LogP contribution is -2.40. The first kappa shape index (κ1) is 14.4. The van der Waals surface area contributed by atoms with E-state index in [9.17, 15) is 9.90 Å². The van der Waals surface area contributed by atoms with Crippen LogP contribution in [-0.2, 0) is 4.74 Å². The van der Waals surface area contributed by atoms with Crippen LogP contribution in [-0.4, -0.2) is 47.2 Å². The molecule has 1 N–H and O–H groups in total. The Morgan fingerprint density at radius 1 is 1.61 bits per heavy atom. The molecule has 100 valence electrons. The summed E-state index contributed by atoms with van der Waals surface area (Å²) in [5.41, 5.74) is 0.279. The lowest BCUT2D eigenvalue weighted by molar-refractivity contribution is 0.0611. The van der Waals surface area contributed by atoms with Gasteiger partial charge in [-0.25, -0.2) is 0 Å². The van der Waals surface area contributed by atoms with Gasteiger partial charge in [0.05, 0.1) is 18.4 Å². The Morgan fingerprint density at radius 3 is 2.89 bits per heavy atom. The molecular formula is C13H20N2O3. The van der Waals surface area contributed by atoms with Crippen molar-refractivity contribution in [1.29, 1.82) is 0 Å². The van der Waals surface area contributed by atoms with Crippen LogP contribution in [0.5, 0.6) is 5.75 Å². The third-order valence-electron chi connectivity index (χ3n) is 2.95. The molecule has 1 aromatic rings. The van der Waals surface area contributed by atoms with Crippen molar-refractivity contribution in [2.75, 3.05) is 20.3 Å². The van der Waals surface area contributed by atoms with Gasteiger partial charge in [-0.05, 0) is 19.4 Å². The van der Waals surface area contributed by atoms with E-state index >= 15 is 0 Å². The second kappa shape index (κ2) is 6.96. The highest BCUT2D eigenvalue weighted by molar-refractivity contribution is 5.96. The standard InChI is InChI=1S/C13H20N2O3/c1-4-10(2)15(7-8-18-3)13(17)11-5-6-14-9-12(11)16/h5-6,9-10,16H,4,7-8H2,1-3H3. The molecule has 0 saturated carbocycles. The number of nitrogens with zero attached hydrogens (tertiary/aromatic N) is 2. The molecule has 0 fully saturated rings. The highest BCUT2D eigenvalue weighted by Crippen LogP contribution is 2.18. The molecule has 0 aliphatic rings. The van der Waals surface area contributed by atoms with E-state index in [1.165, 1.54) is 18.5 Å². The summed E-state index contributed by atoms with van der Waals surface area (Å²) < 4.78 is 5.01. The lowest BCUT2D eigenvalue weighted by Gasteiger charge is -2.28.